The van der Waals surface area contributed by atoms with Crippen LogP contribution in [0.15, 0.2) is 65.4 Å². The highest BCUT2D eigenvalue weighted by Crippen LogP contribution is 2.45. The number of nitrogens with one attached hydrogen (secondary N) is 3. The number of aliphatic imine (C=N–C) groups is 1. The summed E-state index contributed by atoms with van der Waals surface area (Å²) < 4.78 is 62.8. The molecule has 1 aromatic heterocycles. The lowest BCUT2D eigenvalue weighted by atomic mass is 9.70. The number of H-pyrrole nitrogens is 1. The Bertz CT molecular complexity index is 1530. The summed E-state index contributed by atoms with van der Waals surface area (Å²) >= 11 is 0. The van der Waals surface area contributed by atoms with Gasteiger partial charge in [-0.2, -0.15) is 13.2 Å². The van der Waals surface area contributed by atoms with Gasteiger partial charge in [-0.05, 0) is 49.7 Å². The average Bonchev–Trinajstić information content (AvgIpc) is 3.47. The minimum atomic E-state index is -5.23. The Labute approximate surface area is 227 Å². The molecule has 3 aromatic rings. The van der Waals surface area contributed by atoms with E-state index < -0.39 is 52.7 Å². The summed E-state index contributed by atoms with van der Waals surface area (Å²) in [7, 11) is 1.41. The van der Waals surface area contributed by atoms with Crippen LogP contribution in [-0.2, 0) is 0 Å². The van der Waals surface area contributed by atoms with E-state index in [2.05, 4.69) is 20.6 Å². The maximum Gasteiger partial charge on any atom is 0.424 e. The number of aromatic amines is 1. The molecule has 2 aliphatic rings. The lowest BCUT2D eigenvalue weighted by Crippen LogP contribution is -2.59. The number of benzene rings is 2. The number of halogens is 4. The Morgan fingerprint density at radius 1 is 1.23 bits per heavy atom. The number of nitrogens with two attached hydrogens (primary N) is 1. The predicted molar refractivity (Wildman–Crippen MR) is 142 cm³/mol. The van der Waals surface area contributed by atoms with E-state index in [1.807, 2.05) is 0 Å². The second-order valence-corrected chi connectivity index (χ2v) is 10.7. The Morgan fingerprint density at radius 2 is 1.93 bits per heavy atom. The zero-order valence-electron chi connectivity index (χ0n) is 22.0. The van der Waals surface area contributed by atoms with Crippen LogP contribution < -0.4 is 21.1 Å². The van der Waals surface area contributed by atoms with E-state index in [1.165, 1.54) is 49.6 Å². The molecule has 0 aliphatic carbocycles. The maximum absolute atomic E-state index is 14.6. The third kappa shape index (κ3) is 4.45. The number of carbonyl (C=O) groups excluding carboxylic acids is 1. The number of alkyl halides is 3. The van der Waals surface area contributed by atoms with Gasteiger partial charge in [0.05, 0.1) is 36.1 Å². The molecule has 0 spiro atoms. The molecule has 2 aliphatic heterocycles. The molecule has 0 bridgehead atoms. The van der Waals surface area contributed by atoms with Crippen molar-refractivity contribution in [3.05, 3.63) is 77.4 Å². The number of fused-ring (bicyclic) bond motifs is 2. The van der Waals surface area contributed by atoms with Crippen molar-refractivity contribution >= 4 is 22.5 Å². The van der Waals surface area contributed by atoms with Gasteiger partial charge >= 0.3 is 6.18 Å². The van der Waals surface area contributed by atoms with Gasteiger partial charge in [0.1, 0.15) is 11.6 Å². The summed E-state index contributed by atoms with van der Waals surface area (Å²) in [5, 5.41) is 17.3. The van der Waals surface area contributed by atoms with E-state index in [1.54, 1.807) is 26.1 Å². The van der Waals surface area contributed by atoms with E-state index in [0.717, 1.165) is 0 Å². The van der Waals surface area contributed by atoms with Gasteiger partial charge in [-0.3, -0.25) is 9.79 Å². The van der Waals surface area contributed by atoms with Crippen molar-refractivity contribution in [1.82, 2.24) is 15.6 Å². The van der Waals surface area contributed by atoms with Gasteiger partial charge in [-0.1, -0.05) is 18.2 Å². The van der Waals surface area contributed by atoms with Crippen LogP contribution in [0.25, 0.3) is 10.9 Å². The fraction of sp³-hybridized carbons (Fsp3) is 0.357. The lowest BCUT2D eigenvalue weighted by Gasteiger charge is -2.42. The normalized spacial score (nSPS) is 26.1. The van der Waals surface area contributed by atoms with Crippen molar-refractivity contribution in [2.24, 2.45) is 16.6 Å². The Balaban J connectivity index is 1.54. The first-order chi connectivity index (χ1) is 18.7. The minimum Gasteiger partial charge on any atom is -0.495 e. The fourth-order valence-corrected chi connectivity index (χ4v) is 5.55. The van der Waals surface area contributed by atoms with Gasteiger partial charge in [-0.25, -0.2) is 4.39 Å². The van der Waals surface area contributed by atoms with Crippen LogP contribution in [0.1, 0.15) is 29.8 Å². The summed E-state index contributed by atoms with van der Waals surface area (Å²) in [4.78, 5) is 20.3. The van der Waals surface area contributed by atoms with Crippen LogP contribution in [0.2, 0.25) is 0 Å². The first kappa shape index (κ1) is 27.8. The van der Waals surface area contributed by atoms with Crippen LogP contribution in [-0.4, -0.2) is 64.8 Å². The van der Waals surface area contributed by atoms with Crippen LogP contribution in [0, 0.1) is 11.7 Å². The second kappa shape index (κ2) is 9.43. The van der Waals surface area contributed by atoms with E-state index in [0.29, 0.717) is 22.2 Å². The van der Waals surface area contributed by atoms with Gasteiger partial charge < -0.3 is 31.2 Å². The monoisotopic (exact) mass is 559 g/mol. The molecule has 12 heteroatoms. The van der Waals surface area contributed by atoms with Gasteiger partial charge in [-0.15, -0.1) is 0 Å². The van der Waals surface area contributed by atoms with Crippen molar-refractivity contribution in [3.8, 4) is 5.75 Å². The maximum atomic E-state index is 14.6. The average molecular weight is 560 g/mol. The number of amides is 1. The molecule has 212 valence electrons. The zero-order valence-corrected chi connectivity index (χ0v) is 22.0. The first-order valence-electron chi connectivity index (χ1n) is 12.5. The topological polar surface area (TPSA) is 125 Å². The summed E-state index contributed by atoms with van der Waals surface area (Å²) in [5.74, 6) is -1.77. The van der Waals surface area contributed by atoms with E-state index in [-0.39, 0.29) is 17.8 Å². The molecule has 1 saturated heterocycles. The highest BCUT2D eigenvalue weighted by atomic mass is 19.4. The fourth-order valence-electron chi connectivity index (χ4n) is 5.55. The molecule has 4 unspecified atom stereocenters. The summed E-state index contributed by atoms with van der Waals surface area (Å²) in [6, 6.07) is 9.75. The largest absolute Gasteiger partial charge is 0.495 e. The third-order valence-corrected chi connectivity index (χ3v) is 7.84. The molecule has 0 radical (unpaired) electrons. The standard InChI is InChI=1S/C28H29F4N5O3/c1-25(33)13-36-26(2)20(25)12-21(37-23(26)15-4-6-18(29)7-5-15)27(39,28(30,31)32)14-35-24(38)17-10-16-8-9-34-22(16)19(11-17)40-3/h4-12,20,34,36,39H,13-14,33H2,1-3H3,(H,35,38). The van der Waals surface area contributed by atoms with Crippen LogP contribution in [0.3, 0.4) is 0 Å². The molecule has 1 amide bonds. The third-order valence-electron chi connectivity index (χ3n) is 7.84. The molecule has 8 nitrogen and oxygen atoms in total. The second-order valence-electron chi connectivity index (χ2n) is 10.7. The molecule has 40 heavy (non-hydrogen) atoms. The van der Waals surface area contributed by atoms with E-state index >= 15 is 0 Å². The summed E-state index contributed by atoms with van der Waals surface area (Å²) in [5.41, 5.74) is 1.43. The summed E-state index contributed by atoms with van der Waals surface area (Å²) in [6.07, 6.45) is -2.36. The molecular weight excluding hydrogens is 530 g/mol. The predicted octanol–water partition coefficient (Wildman–Crippen LogP) is 3.42. The Morgan fingerprint density at radius 3 is 2.58 bits per heavy atom. The highest BCUT2D eigenvalue weighted by molar-refractivity contribution is 6.09. The van der Waals surface area contributed by atoms with E-state index in [9.17, 15) is 27.5 Å². The molecule has 3 heterocycles. The zero-order chi connectivity index (χ0) is 29.1. The van der Waals surface area contributed by atoms with Gasteiger partial charge in [0.15, 0.2) is 0 Å². The van der Waals surface area contributed by atoms with Gasteiger partial charge in [0.25, 0.3) is 5.91 Å². The number of methoxy groups -OCH3 is 1. The Kier molecular flexibility index (Phi) is 6.55. The minimum absolute atomic E-state index is 0.0451. The summed E-state index contributed by atoms with van der Waals surface area (Å²) in [6.45, 7) is 2.48. The first-order valence-corrected chi connectivity index (χ1v) is 12.5. The van der Waals surface area contributed by atoms with Crippen LogP contribution in [0.4, 0.5) is 17.6 Å². The van der Waals surface area contributed by atoms with Crippen molar-refractivity contribution in [3.63, 3.8) is 0 Å². The van der Waals surface area contributed by atoms with E-state index in [4.69, 9.17) is 10.5 Å². The molecule has 5 rings (SSSR count). The quantitative estimate of drug-likeness (QED) is 0.296. The number of carbonyl (C=O) groups is 1. The van der Waals surface area contributed by atoms with Crippen molar-refractivity contribution in [1.29, 1.82) is 0 Å². The molecule has 2 aromatic carbocycles. The number of ether oxygens (including phenoxy) is 1. The number of rotatable bonds is 6. The lowest BCUT2D eigenvalue weighted by molar-refractivity contribution is -0.241. The molecule has 6 N–H and O–H groups in total. The van der Waals surface area contributed by atoms with Gasteiger partial charge in [0, 0.05) is 35.1 Å². The number of hydrogen-bond acceptors (Lipinski definition) is 6. The molecule has 0 saturated carbocycles. The molecule has 1 fully saturated rings. The van der Waals surface area contributed by atoms with Crippen molar-refractivity contribution in [2.75, 3.05) is 20.2 Å². The van der Waals surface area contributed by atoms with Crippen molar-refractivity contribution < 1.29 is 32.2 Å². The number of hydrogen-bond donors (Lipinski definition) is 5. The van der Waals surface area contributed by atoms with Crippen LogP contribution >= 0.6 is 0 Å². The molecular formula is C28H29F4N5O3. The van der Waals surface area contributed by atoms with Gasteiger partial charge in [0.2, 0.25) is 5.60 Å². The highest BCUT2D eigenvalue weighted by Gasteiger charge is 2.61. The number of aliphatic hydroxyl groups is 1. The number of nitrogens with zero attached hydrogens (tertiary/aromatic N) is 1. The SMILES string of the molecule is COc1cc(C(=O)NCC(O)(C2=CC3C(C)(N)CNC3(C)C(c3ccc(F)cc3)=N2)C(F)(F)F)cc2cc[nH]c12. The number of aromatic nitrogens is 1. The van der Waals surface area contributed by atoms with Crippen LogP contribution in [0.5, 0.6) is 5.75 Å². The van der Waals surface area contributed by atoms with Crippen molar-refractivity contribution in [2.45, 2.75) is 36.7 Å². The smallest absolute Gasteiger partial charge is 0.424 e. The Hall–Kier alpha value is -3.74. The molecule has 4 atom stereocenters.